The number of hydrogen-bond acceptors (Lipinski definition) is 1. The van der Waals surface area contributed by atoms with Crippen LogP contribution in [0.1, 0.15) is 75.2 Å². The van der Waals surface area contributed by atoms with Crippen LogP contribution in [0.5, 0.6) is 0 Å². The molecule has 0 bridgehead atoms. The van der Waals surface area contributed by atoms with Gasteiger partial charge in [-0.3, -0.25) is 0 Å². The first-order valence-corrected chi connectivity index (χ1v) is 18.2. The van der Waals surface area contributed by atoms with E-state index >= 15 is 0 Å². The van der Waals surface area contributed by atoms with Crippen LogP contribution < -0.4 is 3.58 Å². The summed E-state index contributed by atoms with van der Waals surface area (Å²) in [6.07, 6.45) is 7.93. The first-order valence-electron chi connectivity index (χ1n) is 10.8. The van der Waals surface area contributed by atoms with Gasteiger partial charge in [0.2, 0.25) is 0 Å². The fraction of sp³-hybridized carbons (Fsp3) is 0.542. The third kappa shape index (κ3) is 5.28. The molecule has 0 spiro atoms. The minimum atomic E-state index is -2.43. The molecular weight excluding hydrogens is 439 g/mol. The molecule has 3 heteroatoms. The molecule has 0 unspecified atom stereocenters. The summed E-state index contributed by atoms with van der Waals surface area (Å²) >= 11 is -2.43. The summed E-state index contributed by atoms with van der Waals surface area (Å²) < 4.78 is 6.05. The van der Waals surface area contributed by atoms with Crippen molar-refractivity contribution in [2.75, 3.05) is 0 Å². The summed E-state index contributed by atoms with van der Waals surface area (Å²) in [5.74, 6) is -0.833. The minimum absolute atomic E-state index is 0.424. The quantitative estimate of drug-likeness (QED) is 0.359. The maximum atomic E-state index is 11.5. The van der Waals surface area contributed by atoms with Gasteiger partial charge in [0.1, 0.15) is 0 Å². The van der Waals surface area contributed by atoms with Gasteiger partial charge in [0.25, 0.3) is 0 Å². The maximum absolute atomic E-state index is 11.5. The molecule has 2 nitrogen and oxygen atoms in total. The van der Waals surface area contributed by atoms with Crippen molar-refractivity contribution in [2.24, 2.45) is 0 Å². The Morgan fingerprint density at radius 1 is 0.889 bits per heavy atom. The second-order valence-electron chi connectivity index (χ2n) is 8.07. The Bertz CT molecular complexity index is 745. The first kappa shape index (κ1) is 22.3. The summed E-state index contributed by atoms with van der Waals surface area (Å²) in [6.45, 7) is 8.88. The van der Waals surface area contributed by atoms with Crippen molar-refractivity contribution in [3.8, 4) is 0 Å². The number of carbonyl (C=O) groups is 1. The third-order valence-electron chi connectivity index (χ3n) is 6.16. The van der Waals surface area contributed by atoms with E-state index in [4.69, 9.17) is 0 Å². The van der Waals surface area contributed by atoms with Crippen LogP contribution in [0.25, 0.3) is 10.8 Å². The van der Waals surface area contributed by atoms with Crippen LogP contribution in [0.15, 0.2) is 30.3 Å². The molecule has 0 aliphatic rings. The standard InChI is InChI=1S/C12H9O2.3C4H9.Sn/c1-8-10-5-3-2-4-9(10)6-7-11(8)12(13)14;3*1-3-4-2;/h3-7H,1H3,(H,13,14);3*1,3-4H2,2H3;. The van der Waals surface area contributed by atoms with E-state index < -0.39 is 24.3 Å². The zero-order chi connectivity index (χ0) is 19.9. The van der Waals surface area contributed by atoms with Crippen molar-refractivity contribution < 1.29 is 9.90 Å². The number of carboxylic acid groups (broad SMARTS) is 1. The van der Waals surface area contributed by atoms with Crippen LogP contribution in [0.4, 0.5) is 0 Å². The molecule has 2 aromatic rings. The van der Waals surface area contributed by atoms with E-state index in [1.54, 1.807) is 9.65 Å². The SMILES string of the molecule is CCC[CH2][Sn]([CH2]CCC)([CH2]CCC)[c]1ccc2c(C)c(C(=O)O)ccc2c1. The van der Waals surface area contributed by atoms with Crippen LogP contribution in [-0.4, -0.2) is 29.5 Å². The fourth-order valence-electron chi connectivity index (χ4n) is 4.40. The van der Waals surface area contributed by atoms with E-state index in [0.717, 1.165) is 10.9 Å². The van der Waals surface area contributed by atoms with Gasteiger partial charge >= 0.3 is 170 Å². The van der Waals surface area contributed by atoms with Crippen molar-refractivity contribution in [2.45, 2.75) is 79.5 Å². The molecule has 0 radical (unpaired) electrons. The van der Waals surface area contributed by atoms with Crippen LogP contribution in [0.2, 0.25) is 13.3 Å². The van der Waals surface area contributed by atoms with Crippen LogP contribution in [0.3, 0.4) is 0 Å². The molecule has 2 rings (SSSR count). The van der Waals surface area contributed by atoms with Crippen molar-refractivity contribution in [1.29, 1.82) is 0 Å². The second-order valence-corrected chi connectivity index (χ2v) is 21.3. The van der Waals surface area contributed by atoms with E-state index in [1.807, 2.05) is 13.0 Å². The van der Waals surface area contributed by atoms with E-state index in [9.17, 15) is 9.90 Å². The number of aromatic carboxylic acids is 1. The predicted molar refractivity (Wildman–Crippen MR) is 120 cm³/mol. The molecule has 148 valence electrons. The molecule has 0 heterocycles. The normalized spacial score (nSPS) is 11.9. The Labute approximate surface area is 169 Å². The van der Waals surface area contributed by atoms with Crippen molar-refractivity contribution in [3.63, 3.8) is 0 Å². The van der Waals surface area contributed by atoms with Crippen molar-refractivity contribution in [3.05, 3.63) is 41.5 Å². The van der Waals surface area contributed by atoms with Gasteiger partial charge in [0.15, 0.2) is 0 Å². The zero-order valence-corrected chi connectivity index (χ0v) is 20.5. The molecule has 0 saturated carbocycles. The Balaban J connectivity index is 2.53. The van der Waals surface area contributed by atoms with Crippen molar-refractivity contribution in [1.82, 2.24) is 0 Å². The zero-order valence-electron chi connectivity index (χ0n) is 17.6. The molecule has 2 aromatic carbocycles. The monoisotopic (exact) mass is 476 g/mol. The number of aryl methyl sites for hydroxylation is 1. The number of unbranched alkanes of at least 4 members (excludes halogenated alkanes) is 3. The van der Waals surface area contributed by atoms with E-state index in [2.05, 4.69) is 39.0 Å². The summed E-state index contributed by atoms with van der Waals surface area (Å²) in [5, 5.41) is 11.7. The molecule has 0 aliphatic heterocycles. The van der Waals surface area contributed by atoms with Gasteiger partial charge < -0.3 is 0 Å². The molecule has 0 amide bonds. The van der Waals surface area contributed by atoms with Gasteiger partial charge in [-0.25, -0.2) is 0 Å². The average molecular weight is 475 g/mol. The Kier molecular flexibility index (Phi) is 8.65. The topological polar surface area (TPSA) is 37.3 Å². The van der Waals surface area contributed by atoms with Crippen molar-refractivity contribution >= 4 is 38.7 Å². The van der Waals surface area contributed by atoms with Crippen LogP contribution in [-0.2, 0) is 0 Å². The summed E-state index contributed by atoms with van der Waals surface area (Å²) in [5.41, 5.74) is 1.32. The molecular formula is C24H36O2Sn. The van der Waals surface area contributed by atoms with Gasteiger partial charge in [-0.05, 0) is 0 Å². The fourth-order valence-corrected chi connectivity index (χ4v) is 20.4. The third-order valence-corrected chi connectivity index (χ3v) is 21.8. The Morgan fingerprint density at radius 2 is 1.44 bits per heavy atom. The molecule has 0 atom stereocenters. The van der Waals surface area contributed by atoms with Gasteiger partial charge in [-0.2, -0.15) is 0 Å². The summed E-state index contributed by atoms with van der Waals surface area (Å²) in [7, 11) is 0. The predicted octanol–water partition coefficient (Wildman–Crippen LogP) is 6.90. The van der Waals surface area contributed by atoms with Gasteiger partial charge in [-0.15, -0.1) is 0 Å². The molecule has 0 fully saturated rings. The Hall–Kier alpha value is -1.03. The number of hydrogen-bond donors (Lipinski definition) is 1. The molecule has 27 heavy (non-hydrogen) atoms. The average Bonchev–Trinajstić information content (AvgIpc) is 2.67. The number of carboxylic acids is 1. The number of fused-ring (bicyclic) bond motifs is 1. The number of rotatable bonds is 11. The van der Waals surface area contributed by atoms with E-state index in [1.165, 1.54) is 57.2 Å². The molecule has 0 aromatic heterocycles. The molecule has 1 N–H and O–H groups in total. The van der Waals surface area contributed by atoms with Gasteiger partial charge in [0, 0.05) is 0 Å². The molecule has 0 saturated heterocycles. The summed E-state index contributed by atoms with van der Waals surface area (Å²) in [6, 6.07) is 10.8. The number of benzene rings is 2. The van der Waals surface area contributed by atoms with E-state index in [-0.39, 0.29) is 0 Å². The molecule has 0 aliphatic carbocycles. The van der Waals surface area contributed by atoms with Crippen LogP contribution >= 0.6 is 0 Å². The first-order chi connectivity index (χ1) is 13.0. The van der Waals surface area contributed by atoms with Gasteiger partial charge in [-0.1, -0.05) is 0 Å². The summed E-state index contributed by atoms with van der Waals surface area (Å²) in [4.78, 5) is 11.5. The second kappa shape index (κ2) is 10.5. The van der Waals surface area contributed by atoms with Gasteiger partial charge in [0.05, 0.1) is 0 Å². The van der Waals surface area contributed by atoms with Crippen LogP contribution in [0, 0.1) is 6.92 Å². The van der Waals surface area contributed by atoms with E-state index in [0.29, 0.717) is 5.56 Å². The Morgan fingerprint density at radius 3 is 1.93 bits per heavy atom.